The van der Waals surface area contributed by atoms with Crippen LogP contribution in [0.3, 0.4) is 0 Å². The van der Waals surface area contributed by atoms with Crippen molar-refractivity contribution in [2.24, 2.45) is 15.6 Å². The van der Waals surface area contributed by atoms with Gasteiger partial charge in [0.1, 0.15) is 11.7 Å². The zero-order valence-corrected chi connectivity index (χ0v) is 12.6. The summed E-state index contributed by atoms with van der Waals surface area (Å²) >= 11 is 0. The van der Waals surface area contributed by atoms with Crippen LogP contribution in [0.2, 0.25) is 0 Å². The number of hydrogen-bond acceptors (Lipinski definition) is 8. The standard InChI is InChI=1S/C14H13N10/c1-5-23(9-13-15-19-20-16-13)6-2-11(1)12-3-7-24(8-4-12)10-14-17-21-22-18-14/h1-8H,9-10H2,(H,15,16,19,20)/q+1. The highest BCUT2D eigenvalue weighted by Crippen LogP contribution is 2.20. The van der Waals surface area contributed by atoms with E-state index in [-0.39, 0.29) is 0 Å². The van der Waals surface area contributed by atoms with E-state index in [0.29, 0.717) is 24.7 Å². The summed E-state index contributed by atoms with van der Waals surface area (Å²) < 4.78 is 0. The van der Waals surface area contributed by atoms with Crippen LogP contribution in [0.5, 0.6) is 0 Å². The van der Waals surface area contributed by atoms with Crippen molar-refractivity contribution in [2.45, 2.75) is 6.54 Å². The predicted octanol–water partition coefficient (Wildman–Crippen LogP) is 1.12. The summed E-state index contributed by atoms with van der Waals surface area (Å²) in [6.45, 7) is 1.13. The van der Waals surface area contributed by atoms with E-state index >= 15 is 0 Å². The molecule has 0 amide bonds. The van der Waals surface area contributed by atoms with Gasteiger partial charge in [0.15, 0.2) is 5.82 Å². The second kappa shape index (κ2) is 6.23. The van der Waals surface area contributed by atoms with Crippen LogP contribution in [0.25, 0.3) is 0 Å². The van der Waals surface area contributed by atoms with E-state index in [1.54, 1.807) is 0 Å². The molecule has 0 fully saturated rings. The molecule has 4 rings (SSSR count). The first kappa shape index (κ1) is 14.0. The number of H-pyrrole nitrogens is 1. The minimum Gasteiger partial charge on any atom is -0.347 e. The first-order valence-corrected chi connectivity index (χ1v) is 7.25. The largest absolute Gasteiger partial charge is 0.416 e. The topological polar surface area (TPSA) is 112 Å². The van der Waals surface area contributed by atoms with Gasteiger partial charge in [-0.1, -0.05) is 5.21 Å². The second-order valence-corrected chi connectivity index (χ2v) is 5.14. The summed E-state index contributed by atoms with van der Waals surface area (Å²) in [5, 5.41) is 24.7. The van der Waals surface area contributed by atoms with Crippen LogP contribution in [-0.2, 0) is 6.54 Å². The summed E-state index contributed by atoms with van der Waals surface area (Å²) in [6, 6.07) is 0. The third-order valence-corrected chi connectivity index (χ3v) is 3.51. The summed E-state index contributed by atoms with van der Waals surface area (Å²) in [4.78, 5) is 7.78. The van der Waals surface area contributed by atoms with Crippen molar-refractivity contribution in [3.05, 3.63) is 66.1 Å². The minimum atomic E-state index is 0.548. The third-order valence-electron chi connectivity index (χ3n) is 3.51. The lowest BCUT2D eigenvalue weighted by molar-refractivity contribution is -0.0855. The van der Waals surface area contributed by atoms with E-state index in [4.69, 9.17) is 0 Å². The molecule has 0 saturated heterocycles. The Morgan fingerprint density at radius 2 is 1.58 bits per heavy atom. The van der Waals surface area contributed by atoms with Gasteiger partial charge in [-0.3, -0.25) is 0 Å². The van der Waals surface area contributed by atoms with Crippen molar-refractivity contribution in [2.75, 3.05) is 6.54 Å². The number of hydrogen-bond donors (Lipinski definition) is 1. The Morgan fingerprint density at radius 3 is 2.12 bits per heavy atom. The van der Waals surface area contributed by atoms with Crippen molar-refractivity contribution >= 4 is 5.84 Å². The molecule has 0 aliphatic carbocycles. The van der Waals surface area contributed by atoms with E-state index in [1.807, 2.05) is 58.9 Å². The molecule has 10 heteroatoms. The maximum Gasteiger partial charge on any atom is 0.416 e. The zero-order valence-electron chi connectivity index (χ0n) is 12.6. The van der Waals surface area contributed by atoms with Gasteiger partial charge in [-0.05, 0) is 35.5 Å². The fraction of sp³-hybridized carbons (Fsp3) is 0.143. The molecule has 1 N–H and O–H groups in total. The Bertz CT molecular complexity index is 829. The van der Waals surface area contributed by atoms with Crippen molar-refractivity contribution in [3.8, 4) is 0 Å². The number of nitrogens with zero attached hydrogens (tertiary/aromatic N) is 9. The van der Waals surface area contributed by atoms with Crippen molar-refractivity contribution in [3.63, 3.8) is 0 Å². The highest BCUT2D eigenvalue weighted by molar-refractivity contribution is 5.79. The van der Waals surface area contributed by atoms with Crippen LogP contribution in [0.1, 0.15) is 5.82 Å². The van der Waals surface area contributed by atoms with Gasteiger partial charge in [0.2, 0.25) is 10.4 Å². The maximum atomic E-state index is 3.94. The Morgan fingerprint density at radius 1 is 0.917 bits per heavy atom. The van der Waals surface area contributed by atoms with Crippen LogP contribution in [0.15, 0.2) is 75.8 Å². The fourth-order valence-electron chi connectivity index (χ4n) is 2.31. The lowest BCUT2D eigenvalue weighted by Gasteiger charge is -2.19. The molecule has 10 nitrogen and oxygen atoms in total. The van der Waals surface area contributed by atoms with Gasteiger partial charge in [-0.25, -0.2) is 0 Å². The maximum absolute atomic E-state index is 3.94. The Hall–Kier alpha value is -3.65. The number of aromatic nitrogens is 4. The quantitative estimate of drug-likeness (QED) is 0.835. The van der Waals surface area contributed by atoms with Gasteiger partial charge in [-0.2, -0.15) is 5.21 Å². The fourth-order valence-corrected chi connectivity index (χ4v) is 2.31. The third kappa shape index (κ3) is 3.08. The number of aromatic amines is 1. The van der Waals surface area contributed by atoms with Crippen LogP contribution in [-0.4, -0.2) is 47.6 Å². The van der Waals surface area contributed by atoms with Gasteiger partial charge in [0.05, 0.1) is 6.54 Å². The molecule has 4 heterocycles. The van der Waals surface area contributed by atoms with Crippen LogP contribution < -0.4 is 0 Å². The van der Waals surface area contributed by atoms with Gasteiger partial charge < -0.3 is 9.80 Å². The Kier molecular flexibility index (Phi) is 3.63. The molecule has 0 atom stereocenters. The summed E-state index contributed by atoms with van der Waals surface area (Å²) in [5.41, 5.74) is 2.25. The molecule has 0 unspecified atom stereocenters. The number of allylic oxidation sites excluding steroid dienone is 6. The second-order valence-electron chi connectivity index (χ2n) is 5.14. The lowest BCUT2D eigenvalue weighted by Crippen LogP contribution is -2.20. The Balaban J connectivity index is 1.40. The highest BCUT2D eigenvalue weighted by Gasteiger charge is 2.17. The van der Waals surface area contributed by atoms with E-state index in [2.05, 4.69) is 41.0 Å². The van der Waals surface area contributed by atoms with E-state index < -0.39 is 0 Å². The summed E-state index contributed by atoms with van der Waals surface area (Å²) in [6.07, 6.45) is 16.1. The average Bonchev–Trinajstić information content (AvgIpc) is 3.31. The van der Waals surface area contributed by atoms with Crippen LogP contribution in [0, 0.1) is 0 Å². The Labute approximate surface area is 136 Å². The van der Waals surface area contributed by atoms with E-state index in [1.165, 1.54) is 0 Å². The first-order valence-electron chi connectivity index (χ1n) is 7.25. The summed E-state index contributed by atoms with van der Waals surface area (Å²) in [7, 11) is 0. The lowest BCUT2D eigenvalue weighted by atomic mass is 10.0. The molecule has 1 aromatic heterocycles. The van der Waals surface area contributed by atoms with E-state index in [9.17, 15) is 0 Å². The molecule has 1 aromatic rings. The SMILES string of the molecule is C1=CN(CC2=[N+]=NN=N2)C=CC1=C1C=CN(Cc2nn[nH]n2)C=C1. The molecule has 3 aliphatic heterocycles. The average molecular weight is 321 g/mol. The van der Waals surface area contributed by atoms with Gasteiger partial charge in [0.25, 0.3) is 0 Å². The molecular weight excluding hydrogens is 308 g/mol. The van der Waals surface area contributed by atoms with Crippen molar-refractivity contribution < 1.29 is 4.79 Å². The zero-order chi connectivity index (χ0) is 16.2. The normalized spacial score (nSPS) is 18.2. The molecule has 0 saturated carbocycles. The molecule has 0 bridgehead atoms. The predicted molar refractivity (Wildman–Crippen MR) is 82.6 cm³/mol. The van der Waals surface area contributed by atoms with E-state index in [0.717, 1.165) is 11.1 Å². The minimum absolute atomic E-state index is 0.548. The smallest absolute Gasteiger partial charge is 0.347 e. The monoisotopic (exact) mass is 321 g/mol. The van der Waals surface area contributed by atoms with Crippen molar-refractivity contribution in [1.29, 1.82) is 0 Å². The number of rotatable bonds is 4. The van der Waals surface area contributed by atoms with Gasteiger partial charge in [-0.15, -0.1) is 15.0 Å². The molecule has 0 radical (unpaired) electrons. The van der Waals surface area contributed by atoms with Crippen LogP contribution in [0.4, 0.5) is 0 Å². The number of nitrogens with one attached hydrogen (secondary N) is 1. The number of tetrazole rings is 1. The molecule has 0 aromatic carbocycles. The van der Waals surface area contributed by atoms with Gasteiger partial charge in [0, 0.05) is 24.8 Å². The molecule has 3 aliphatic rings. The summed E-state index contributed by atoms with van der Waals surface area (Å²) in [5.74, 6) is 1.24. The van der Waals surface area contributed by atoms with Crippen molar-refractivity contribution in [1.82, 2.24) is 30.4 Å². The molecule has 0 spiro atoms. The van der Waals surface area contributed by atoms with Crippen LogP contribution >= 0.6 is 0 Å². The molecule has 118 valence electrons. The highest BCUT2D eigenvalue weighted by atomic mass is 15.5. The van der Waals surface area contributed by atoms with Gasteiger partial charge >= 0.3 is 5.84 Å². The molecular formula is C14H13N10+. The first-order chi connectivity index (χ1) is 11.9. The number of amidine groups is 1. The molecule has 24 heavy (non-hydrogen) atoms.